The standard InChI is InChI=1S/C20H21F3N4O3/c21-20(22,23)15-3-4-17(24-11-15)25-5-7-26(8-6-25)19(29)14-10-18(28)27(12-14)13-16-2-1-9-30-16/h1-4,9,11,14H,5-8,10,12-13H2/t14-/m1/s1. The van der Waals surface area contributed by atoms with E-state index < -0.39 is 11.7 Å². The maximum Gasteiger partial charge on any atom is 0.417 e. The van der Waals surface area contributed by atoms with Crippen LogP contribution in [0.15, 0.2) is 41.1 Å². The van der Waals surface area contributed by atoms with Crippen molar-refractivity contribution in [2.45, 2.75) is 19.1 Å². The van der Waals surface area contributed by atoms with Gasteiger partial charge in [-0.15, -0.1) is 0 Å². The summed E-state index contributed by atoms with van der Waals surface area (Å²) in [5.41, 5.74) is -0.787. The van der Waals surface area contributed by atoms with Crippen molar-refractivity contribution >= 4 is 17.6 Å². The first-order valence-corrected chi connectivity index (χ1v) is 9.68. The van der Waals surface area contributed by atoms with Gasteiger partial charge in [-0.25, -0.2) is 4.98 Å². The van der Waals surface area contributed by atoms with E-state index in [1.165, 1.54) is 6.07 Å². The summed E-state index contributed by atoms with van der Waals surface area (Å²) in [4.78, 5) is 34.2. The van der Waals surface area contributed by atoms with Crippen LogP contribution in [0.3, 0.4) is 0 Å². The van der Waals surface area contributed by atoms with Crippen LogP contribution in [0.4, 0.5) is 19.0 Å². The SMILES string of the molecule is O=C1C[C@@H](C(=O)N2CCN(c3ccc(C(F)(F)F)cn3)CC2)CN1Cc1ccco1. The number of halogens is 3. The van der Waals surface area contributed by atoms with Crippen molar-refractivity contribution in [1.29, 1.82) is 0 Å². The van der Waals surface area contributed by atoms with Crippen LogP contribution in [0.5, 0.6) is 0 Å². The number of anilines is 1. The van der Waals surface area contributed by atoms with Gasteiger partial charge in [-0.1, -0.05) is 0 Å². The summed E-state index contributed by atoms with van der Waals surface area (Å²) < 4.78 is 43.3. The number of furan rings is 1. The van der Waals surface area contributed by atoms with Gasteiger partial charge in [0.2, 0.25) is 11.8 Å². The highest BCUT2D eigenvalue weighted by Gasteiger charge is 2.37. The van der Waals surface area contributed by atoms with Gasteiger partial charge in [0.15, 0.2) is 0 Å². The van der Waals surface area contributed by atoms with E-state index in [1.807, 2.05) is 4.90 Å². The van der Waals surface area contributed by atoms with Crippen LogP contribution in [0.25, 0.3) is 0 Å². The number of carbonyl (C=O) groups is 2. The Kier molecular flexibility index (Phi) is 5.40. The number of aromatic nitrogens is 1. The Morgan fingerprint density at radius 1 is 1.17 bits per heavy atom. The summed E-state index contributed by atoms with van der Waals surface area (Å²) in [7, 11) is 0. The highest BCUT2D eigenvalue weighted by molar-refractivity contribution is 5.89. The van der Waals surface area contributed by atoms with E-state index in [9.17, 15) is 22.8 Å². The molecule has 0 saturated carbocycles. The average Bonchev–Trinajstić information content (AvgIpc) is 3.37. The third-order valence-corrected chi connectivity index (χ3v) is 5.48. The van der Waals surface area contributed by atoms with Crippen molar-refractivity contribution in [3.05, 3.63) is 48.0 Å². The third kappa shape index (κ3) is 4.27. The van der Waals surface area contributed by atoms with Gasteiger partial charge in [-0.3, -0.25) is 9.59 Å². The lowest BCUT2D eigenvalue weighted by Gasteiger charge is -2.36. The Hall–Kier alpha value is -3.04. The second kappa shape index (κ2) is 8.00. The van der Waals surface area contributed by atoms with E-state index in [4.69, 9.17) is 4.42 Å². The molecule has 0 aliphatic carbocycles. The summed E-state index contributed by atoms with van der Waals surface area (Å²) >= 11 is 0. The lowest BCUT2D eigenvalue weighted by Crippen LogP contribution is -2.51. The Bertz CT molecular complexity index is 891. The molecule has 0 aromatic carbocycles. The number of pyridine rings is 1. The minimum absolute atomic E-state index is 0.0645. The lowest BCUT2D eigenvalue weighted by atomic mass is 10.1. The predicted molar refractivity (Wildman–Crippen MR) is 100 cm³/mol. The number of carbonyl (C=O) groups excluding carboxylic acids is 2. The molecule has 2 fully saturated rings. The van der Waals surface area contributed by atoms with Crippen molar-refractivity contribution in [2.75, 3.05) is 37.6 Å². The Morgan fingerprint density at radius 3 is 2.53 bits per heavy atom. The van der Waals surface area contributed by atoms with E-state index in [0.29, 0.717) is 50.8 Å². The molecule has 2 amide bonds. The molecular formula is C20H21F3N4O3. The van der Waals surface area contributed by atoms with Crippen LogP contribution in [0, 0.1) is 5.92 Å². The smallest absolute Gasteiger partial charge is 0.417 e. The molecular weight excluding hydrogens is 401 g/mol. The van der Waals surface area contributed by atoms with E-state index in [-0.39, 0.29) is 24.2 Å². The molecule has 0 bridgehead atoms. The second-order valence-corrected chi connectivity index (χ2v) is 7.47. The zero-order chi connectivity index (χ0) is 21.3. The predicted octanol–water partition coefficient (Wildman–Crippen LogP) is 2.39. The van der Waals surface area contributed by atoms with E-state index in [0.717, 1.165) is 12.3 Å². The first-order valence-electron chi connectivity index (χ1n) is 9.68. The molecule has 7 nitrogen and oxygen atoms in total. The fourth-order valence-electron chi connectivity index (χ4n) is 3.84. The molecule has 2 saturated heterocycles. The van der Waals surface area contributed by atoms with Crippen LogP contribution in [0.1, 0.15) is 17.7 Å². The molecule has 4 heterocycles. The highest BCUT2D eigenvalue weighted by atomic mass is 19.4. The van der Waals surface area contributed by atoms with Gasteiger partial charge < -0.3 is 19.1 Å². The molecule has 0 spiro atoms. The number of likely N-dealkylation sites (tertiary alicyclic amines) is 1. The topological polar surface area (TPSA) is 69.9 Å². The van der Waals surface area contributed by atoms with Gasteiger partial charge in [0, 0.05) is 45.3 Å². The second-order valence-electron chi connectivity index (χ2n) is 7.47. The molecule has 0 radical (unpaired) electrons. The van der Waals surface area contributed by atoms with Crippen molar-refractivity contribution in [2.24, 2.45) is 5.92 Å². The number of hydrogen-bond acceptors (Lipinski definition) is 5. The van der Waals surface area contributed by atoms with Crippen molar-refractivity contribution in [3.8, 4) is 0 Å². The fourth-order valence-corrected chi connectivity index (χ4v) is 3.84. The summed E-state index contributed by atoms with van der Waals surface area (Å²) in [6.45, 7) is 2.53. The minimum atomic E-state index is -4.42. The van der Waals surface area contributed by atoms with Crippen molar-refractivity contribution in [3.63, 3.8) is 0 Å². The molecule has 4 rings (SSSR count). The molecule has 2 aliphatic rings. The number of piperazine rings is 1. The summed E-state index contributed by atoms with van der Waals surface area (Å²) in [6.07, 6.45) is -1.87. The summed E-state index contributed by atoms with van der Waals surface area (Å²) in [6, 6.07) is 5.90. The Morgan fingerprint density at radius 2 is 1.93 bits per heavy atom. The van der Waals surface area contributed by atoms with E-state index in [1.54, 1.807) is 28.2 Å². The largest absolute Gasteiger partial charge is 0.467 e. The zero-order valence-corrected chi connectivity index (χ0v) is 16.1. The third-order valence-electron chi connectivity index (χ3n) is 5.48. The molecule has 1 atom stereocenters. The van der Waals surface area contributed by atoms with Crippen LogP contribution in [-0.4, -0.2) is 59.3 Å². The number of alkyl halides is 3. The van der Waals surface area contributed by atoms with E-state index >= 15 is 0 Å². The number of hydrogen-bond donors (Lipinski definition) is 0. The molecule has 2 aromatic heterocycles. The first kappa shape index (κ1) is 20.2. The van der Waals surface area contributed by atoms with Gasteiger partial charge in [0.05, 0.1) is 24.3 Å². The number of rotatable bonds is 4. The maximum absolute atomic E-state index is 12.9. The molecule has 30 heavy (non-hydrogen) atoms. The highest BCUT2D eigenvalue weighted by Crippen LogP contribution is 2.29. The molecule has 160 valence electrons. The van der Waals surface area contributed by atoms with Crippen molar-refractivity contribution in [1.82, 2.24) is 14.8 Å². The van der Waals surface area contributed by atoms with Crippen LogP contribution < -0.4 is 4.90 Å². The van der Waals surface area contributed by atoms with Crippen LogP contribution in [0.2, 0.25) is 0 Å². The Balaban J connectivity index is 1.31. The van der Waals surface area contributed by atoms with Crippen LogP contribution >= 0.6 is 0 Å². The average molecular weight is 422 g/mol. The van der Waals surface area contributed by atoms with Gasteiger partial charge in [0.25, 0.3) is 0 Å². The summed E-state index contributed by atoms with van der Waals surface area (Å²) in [5.74, 6) is 0.607. The molecule has 10 heteroatoms. The van der Waals surface area contributed by atoms with Gasteiger partial charge in [-0.05, 0) is 24.3 Å². The van der Waals surface area contributed by atoms with Crippen LogP contribution in [-0.2, 0) is 22.3 Å². The number of nitrogens with zero attached hydrogens (tertiary/aromatic N) is 4. The van der Waals surface area contributed by atoms with E-state index in [2.05, 4.69) is 4.98 Å². The van der Waals surface area contributed by atoms with Gasteiger partial charge in [0.1, 0.15) is 11.6 Å². The Labute approximate surface area is 171 Å². The first-order chi connectivity index (χ1) is 14.3. The monoisotopic (exact) mass is 422 g/mol. The van der Waals surface area contributed by atoms with Gasteiger partial charge in [-0.2, -0.15) is 13.2 Å². The minimum Gasteiger partial charge on any atom is -0.467 e. The van der Waals surface area contributed by atoms with Crippen molar-refractivity contribution < 1.29 is 27.2 Å². The fraction of sp³-hybridized carbons (Fsp3) is 0.450. The summed E-state index contributed by atoms with van der Waals surface area (Å²) in [5, 5.41) is 0. The van der Waals surface area contributed by atoms with Gasteiger partial charge >= 0.3 is 6.18 Å². The normalized spacial score (nSPS) is 20.2. The molecule has 0 N–H and O–H groups in total. The lowest BCUT2D eigenvalue weighted by molar-refractivity contribution is -0.138. The zero-order valence-electron chi connectivity index (χ0n) is 16.1. The quantitative estimate of drug-likeness (QED) is 0.757. The number of amides is 2. The molecule has 2 aliphatic heterocycles. The molecule has 0 unspecified atom stereocenters. The maximum atomic E-state index is 12.9. The molecule has 2 aromatic rings.